The van der Waals surface area contributed by atoms with Crippen LogP contribution in [0.1, 0.15) is 24.0 Å². The molecule has 1 N–H and O–H groups in total. The largest absolute Gasteiger partial charge is 0.342 e. The summed E-state index contributed by atoms with van der Waals surface area (Å²) in [4.78, 5) is 14.6. The van der Waals surface area contributed by atoms with Crippen molar-refractivity contribution in [2.45, 2.75) is 30.6 Å². The molecule has 0 unspecified atom stereocenters. The zero-order valence-corrected chi connectivity index (χ0v) is 15.9. The van der Waals surface area contributed by atoms with Crippen LogP contribution in [-0.4, -0.2) is 51.2 Å². The van der Waals surface area contributed by atoms with E-state index < -0.39 is 9.84 Å². The molecule has 2 saturated heterocycles. The number of amides is 1. The van der Waals surface area contributed by atoms with E-state index in [1.807, 2.05) is 17.0 Å². The van der Waals surface area contributed by atoms with Gasteiger partial charge in [-0.15, -0.1) is 12.4 Å². The number of hydrogen-bond acceptors (Lipinski definition) is 4. The van der Waals surface area contributed by atoms with Crippen LogP contribution in [-0.2, 0) is 27.5 Å². The van der Waals surface area contributed by atoms with Gasteiger partial charge in [0.1, 0.15) is 0 Å². The quantitative estimate of drug-likeness (QED) is 0.853. The van der Waals surface area contributed by atoms with Crippen LogP contribution in [0.15, 0.2) is 23.1 Å². The molecule has 1 amide bonds. The maximum atomic E-state index is 12.6. The fraction of sp³-hybridized carbons (Fsp3) is 0.611. The molecule has 5 nitrogen and oxygen atoms in total. The molecule has 1 aromatic carbocycles. The monoisotopic (exact) mass is 384 g/mol. The Morgan fingerprint density at radius 3 is 2.52 bits per heavy atom. The van der Waals surface area contributed by atoms with Gasteiger partial charge in [-0.3, -0.25) is 4.79 Å². The van der Waals surface area contributed by atoms with E-state index in [-0.39, 0.29) is 30.5 Å². The average Bonchev–Trinajstić information content (AvgIpc) is 3.26. The number of halogens is 1. The highest BCUT2D eigenvalue weighted by Gasteiger charge is 2.38. The Balaban J connectivity index is 0.00000182. The third-order valence-corrected chi connectivity index (χ3v) is 7.47. The fourth-order valence-corrected chi connectivity index (χ4v) is 5.57. The van der Waals surface area contributed by atoms with Gasteiger partial charge in [0.15, 0.2) is 9.84 Å². The Hall–Kier alpha value is -1.11. The number of carbonyl (C=O) groups excluding carboxylic acids is 1. The summed E-state index contributed by atoms with van der Waals surface area (Å²) in [5, 5.41) is 3.35. The highest BCUT2D eigenvalue weighted by Crippen LogP contribution is 2.28. The summed E-state index contributed by atoms with van der Waals surface area (Å²) >= 11 is 0. The lowest BCUT2D eigenvalue weighted by Crippen LogP contribution is -2.32. The number of nitrogens with zero attached hydrogens (tertiary/aromatic N) is 1. The number of carbonyl (C=O) groups is 1. The third kappa shape index (κ3) is 3.71. The van der Waals surface area contributed by atoms with Crippen LogP contribution in [0.4, 0.5) is 0 Å². The van der Waals surface area contributed by atoms with E-state index in [4.69, 9.17) is 0 Å². The predicted octanol–water partition coefficient (Wildman–Crippen LogP) is 1.44. The molecule has 0 spiro atoms. The summed E-state index contributed by atoms with van der Waals surface area (Å²) in [5.74, 6) is 0.980. The van der Waals surface area contributed by atoms with Crippen molar-refractivity contribution in [3.05, 3.63) is 29.3 Å². The van der Waals surface area contributed by atoms with Crippen molar-refractivity contribution in [1.29, 1.82) is 0 Å². The molecule has 138 valence electrons. The van der Waals surface area contributed by atoms with Gasteiger partial charge in [-0.05, 0) is 54.4 Å². The minimum atomic E-state index is -3.38. The SMILES string of the molecule is Cl.O=C(CCS(=O)(=O)c1ccc2c(c1)CCC2)N1C[C@H]2CNC[C@H]2C1. The highest BCUT2D eigenvalue weighted by molar-refractivity contribution is 7.91. The van der Waals surface area contributed by atoms with Gasteiger partial charge in [-0.2, -0.15) is 0 Å². The van der Waals surface area contributed by atoms with Crippen LogP contribution in [0, 0.1) is 11.8 Å². The molecule has 0 saturated carbocycles. The molecule has 3 aliphatic rings. The van der Waals surface area contributed by atoms with Gasteiger partial charge in [-0.1, -0.05) is 6.07 Å². The lowest BCUT2D eigenvalue weighted by Gasteiger charge is -2.17. The van der Waals surface area contributed by atoms with Gasteiger partial charge < -0.3 is 10.2 Å². The van der Waals surface area contributed by atoms with Gasteiger partial charge in [0.2, 0.25) is 5.91 Å². The summed E-state index contributed by atoms with van der Waals surface area (Å²) < 4.78 is 25.1. The van der Waals surface area contributed by atoms with Crippen LogP contribution in [0.25, 0.3) is 0 Å². The second kappa shape index (κ2) is 7.25. The van der Waals surface area contributed by atoms with E-state index in [0.29, 0.717) is 16.7 Å². The Kier molecular flexibility index (Phi) is 5.42. The molecule has 2 heterocycles. The molecule has 2 aliphatic heterocycles. The lowest BCUT2D eigenvalue weighted by atomic mass is 10.0. The summed E-state index contributed by atoms with van der Waals surface area (Å²) in [7, 11) is -3.38. The molecule has 2 fully saturated rings. The summed E-state index contributed by atoms with van der Waals surface area (Å²) in [5.41, 5.74) is 2.42. The minimum absolute atomic E-state index is 0. The van der Waals surface area contributed by atoms with E-state index in [1.54, 1.807) is 6.07 Å². The van der Waals surface area contributed by atoms with Gasteiger partial charge >= 0.3 is 0 Å². The van der Waals surface area contributed by atoms with Crippen LogP contribution < -0.4 is 5.32 Å². The normalized spacial score (nSPS) is 24.7. The van der Waals surface area contributed by atoms with Gasteiger partial charge in [-0.25, -0.2) is 8.42 Å². The average molecular weight is 385 g/mol. The maximum absolute atomic E-state index is 12.6. The van der Waals surface area contributed by atoms with Crippen LogP contribution in [0.2, 0.25) is 0 Å². The molecule has 0 aromatic heterocycles. The number of benzene rings is 1. The molecule has 0 radical (unpaired) electrons. The highest BCUT2D eigenvalue weighted by atomic mass is 35.5. The Morgan fingerprint density at radius 1 is 1.12 bits per heavy atom. The molecule has 25 heavy (non-hydrogen) atoms. The van der Waals surface area contributed by atoms with Crippen molar-refractivity contribution in [2.24, 2.45) is 11.8 Å². The summed E-state index contributed by atoms with van der Waals surface area (Å²) in [6.07, 6.45) is 3.19. The summed E-state index contributed by atoms with van der Waals surface area (Å²) in [6, 6.07) is 5.45. The lowest BCUT2D eigenvalue weighted by molar-refractivity contribution is -0.130. The maximum Gasteiger partial charge on any atom is 0.223 e. The second-order valence-corrected chi connectivity index (χ2v) is 9.44. The third-order valence-electron chi connectivity index (χ3n) is 5.76. The van der Waals surface area contributed by atoms with E-state index in [9.17, 15) is 13.2 Å². The molecule has 1 aromatic rings. The van der Waals surface area contributed by atoms with Gasteiger partial charge in [0, 0.05) is 32.6 Å². The first-order valence-electron chi connectivity index (χ1n) is 8.86. The van der Waals surface area contributed by atoms with Gasteiger partial charge in [0.25, 0.3) is 0 Å². The van der Waals surface area contributed by atoms with Crippen LogP contribution >= 0.6 is 12.4 Å². The number of aryl methyl sites for hydroxylation is 2. The Morgan fingerprint density at radius 2 is 1.80 bits per heavy atom. The number of fused-ring (bicyclic) bond motifs is 2. The summed E-state index contributed by atoms with van der Waals surface area (Å²) in [6.45, 7) is 3.49. The van der Waals surface area contributed by atoms with E-state index >= 15 is 0 Å². The number of nitrogens with one attached hydrogen (secondary N) is 1. The second-order valence-electron chi connectivity index (χ2n) is 7.33. The molecule has 7 heteroatoms. The van der Waals surface area contributed by atoms with Crippen molar-refractivity contribution < 1.29 is 13.2 Å². The Bertz CT molecular complexity index is 754. The van der Waals surface area contributed by atoms with Crippen molar-refractivity contribution in [3.8, 4) is 0 Å². The van der Waals surface area contributed by atoms with E-state index in [0.717, 1.165) is 51.0 Å². The molecular formula is C18H25ClN2O3S. The predicted molar refractivity (Wildman–Crippen MR) is 98.8 cm³/mol. The van der Waals surface area contributed by atoms with E-state index in [1.165, 1.54) is 5.56 Å². The molecule has 0 bridgehead atoms. The minimum Gasteiger partial charge on any atom is -0.342 e. The smallest absolute Gasteiger partial charge is 0.223 e. The number of likely N-dealkylation sites (tertiary alicyclic amines) is 1. The first-order valence-corrected chi connectivity index (χ1v) is 10.5. The topological polar surface area (TPSA) is 66.5 Å². The van der Waals surface area contributed by atoms with Crippen LogP contribution in [0.3, 0.4) is 0 Å². The zero-order valence-electron chi connectivity index (χ0n) is 14.2. The first kappa shape index (κ1) is 18.7. The van der Waals surface area contributed by atoms with Gasteiger partial charge in [0.05, 0.1) is 10.6 Å². The molecular weight excluding hydrogens is 360 g/mol. The Labute approximate surface area is 155 Å². The van der Waals surface area contributed by atoms with Crippen LogP contribution in [0.5, 0.6) is 0 Å². The molecule has 2 atom stereocenters. The van der Waals surface area contributed by atoms with Crippen molar-refractivity contribution in [3.63, 3.8) is 0 Å². The standard InChI is InChI=1S/C18H24N2O3S.ClH/c21-18(20-11-15-9-19-10-16(15)12-20)6-7-24(22,23)17-5-4-13-2-1-3-14(13)8-17;/h4-5,8,15-16,19H,1-3,6-7,9-12H2;1H/t15-,16+;. The molecule has 1 aliphatic carbocycles. The zero-order chi connectivity index (χ0) is 16.7. The number of hydrogen-bond donors (Lipinski definition) is 1. The first-order chi connectivity index (χ1) is 11.5. The number of rotatable bonds is 4. The van der Waals surface area contributed by atoms with E-state index in [2.05, 4.69) is 5.32 Å². The molecule has 4 rings (SSSR count). The van der Waals surface area contributed by atoms with Crippen molar-refractivity contribution >= 4 is 28.2 Å². The fourth-order valence-electron chi connectivity index (χ4n) is 4.30. The van der Waals surface area contributed by atoms with Crippen molar-refractivity contribution in [1.82, 2.24) is 10.2 Å². The van der Waals surface area contributed by atoms with Crippen molar-refractivity contribution in [2.75, 3.05) is 31.9 Å². The number of sulfone groups is 1.